The molecule has 0 amide bonds. The molecular formula is C28H31N7. The zero-order valence-electron chi connectivity index (χ0n) is 20.2. The average molecular weight is 466 g/mol. The highest BCUT2D eigenvalue weighted by Crippen LogP contribution is 2.31. The summed E-state index contributed by atoms with van der Waals surface area (Å²) in [7, 11) is 0. The van der Waals surface area contributed by atoms with Gasteiger partial charge in [-0.2, -0.15) is 0 Å². The van der Waals surface area contributed by atoms with E-state index in [1.165, 1.54) is 5.56 Å². The Hall–Kier alpha value is -3.81. The second-order valence-corrected chi connectivity index (χ2v) is 8.94. The van der Waals surface area contributed by atoms with E-state index in [-0.39, 0.29) is 6.04 Å². The Morgan fingerprint density at radius 1 is 1.09 bits per heavy atom. The smallest absolute Gasteiger partial charge is 0.165 e. The van der Waals surface area contributed by atoms with E-state index in [1.807, 2.05) is 44.2 Å². The number of likely N-dealkylation sites (tertiary alicyclic amines) is 1. The Balaban J connectivity index is 1.62. The number of nitrogens with two attached hydrogens (primary N) is 2. The van der Waals surface area contributed by atoms with Crippen LogP contribution in [0, 0.1) is 0 Å². The van der Waals surface area contributed by atoms with Gasteiger partial charge in [-0.25, -0.2) is 15.0 Å². The van der Waals surface area contributed by atoms with Crippen LogP contribution in [-0.2, 0) is 6.54 Å². The van der Waals surface area contributed by atoms with Crippen molar-refractivity contribution in [3.63, 3.8) is 0 Å². The summed E-state index contributed by atoms with van der Waals surface area (Å²) in [5, 5.41) is 0. The molecular weight excluding hydrogens is 434 g/mol. The number of nitrogens with zero attached hydrogens (tertiary/aromatic N) is 5. The van der Waals surface area contributed by atoms with E-state index in [2.05, 4.69) is 50.9 Å². The summed E-state index contributed by atoms with van der Waals surface area (Å²) in [4.78, 5) is 16.7. The number of hydrogen-bond acceptors (Lipinski definition) is 6. The molecule has 1 aliphatic rings. The lowest BCUT2D eigenvalue weighted by Gasteiger charge is -2.16. The van der Waals surface area contributed by atoms with Crippen molar-refractivity contribution in [3.8, 4) is 17.1 Å². The summed E-state index contributed by atoms with van der Waals surface area (Å²) in [6, 6.07) is 16.7. The van der Waals surface area contributed by atoms with Gasteiger partial charge < -0.3 is 11.5 Å². The lowest BCUT2D eigenvalue weighted by atomic mass is 10.1. The van der Waals surface area contributed by atoms with Gasteiger partial charge in [0.15, 0.2) is 11.5 Å². The first-order valence-corrected chi connectivity index (χ1v) is 12.0. The SMILES string of the molecule is C/C=C\C(=C/C)c1ccc2nc(-c3cccnc3N)n(-c3ccc(CN4CCC(N)C4)cc3)c2n1. The molecule has 4 N–H and O–H groups in total. The monoisotopic (exact) mass is 465 g/mol. The number of hydrogen-bond donors (Lipinski definition) is 2. The van der Waals surface area contributed by atoms with Gasteiger partial charge in [0.25, 0.3) is 0 Å². The van der Waals surface area contributed by atoms with Crippen molar-refractivity contribution >= 4 is 22.6 Å². The number of benzene rings is 1. The predicted molar refractivity (Wildman–Crippen MR) is 143 cm³/mol. The van der Waals surface area contributed by atoms with Crippen LogP contribution in [0.4, 0.5) is 5.82 Å². The summed E-state index contributed by atoms with van der Waals surface area (Å²) in [6.45, 7) is 6.92. The van der Waals surface area contributed by atoms with E-state index in [1.54, 1.807) is 6.20 Å². The third kappa shape index (κ3) is 4.60. The fraction of sp³-hybridized carbons (Fsp3) is 0.250. The van der Waals surface area contributed by atoms with Gasteiger partial charge in [0.05, 0.1) is 11.3 Å². The minimum atomic E-state index is 0.281. The van der Waals surface area contributed by atoms with E-state index in [0.717, 1.165) is 65.6 Å². The number of fused-ring (bicyclic) bond motifs is 1. The lowest BCUT2D eigenvalue weighted by molar-refractivity contribution is 0.327. The van der Waals surface area contributed by atoms with Crippen LogP contribution in [0.3, 0.4) is 0 Å². The third-order valence-corrected chi connectivity index (χ3v) is 6.45. The number of allylic oxidation sites excluding steroid dienone is 4. The first-order chi connectivity index (χ1) is 17.1. The molecule has 0 bridgehead atoms. The van der Waals surface area contributed by atoms with E-state index >= 15 is 0 Å². The van der Waals surface area contributed by atoms with Crippen molar-refractivity contribution < 1.29 is 0 Å². The molecule has 4 aromatic rings. The largest absolute Gasteiger partial charge is 0.383 e. The summed E-state index contributed by atoms with van der Waals surface area (Å²) in [5.41, 5.74) is 18.9. The van der Waals surface area contributed by atoms with Crippen LogP contribution >= 0.6 is 0 Å². The molecule has 1 saturated heterocycles. The normalized spacial score (nSPS) is 17.1. The molecule has 35 heavy (non-hydrogen) atoms. The van der Waals surface area contributed by atoms with E-state index in [0.29, 0.717) is 5.82 Å². The van der Waals surface area contributed by atoms with Gasteiger partial charge >= 0.3 is 0 Å². The quantitative estimate of drug-likeness (QED) is 0.405. The van der Waals surface area contributed by atoms with Gasteiger partial charge in [0.2, 0.25) is 0 Å². The van der Waals surface area contributed by atoms with Crippen molar-refractivity contribution in [1.82, 2.24) is 24.4 Å². The van der Waals surface area contributed by atoms with Crippen molar-refractivity contribution in [2.24, 2.45) is 5.73 Å². The van der Waals surface area contributed by atoms with E-state index in [9.17, 15) is 0 Å². The molecule has 3 aromatic heterocycles. The summed E-state index contributed by atoms with van der Waals surface area (Å²) in [5.74, 6) is 1.16. The molecule has 1 unspecified atom stereocenters. The summed E-state index contributed by atoms with van der Waals surface area (Å²) in [6.07, 6.45) is 8.90. The predicted octanol–water partition coefficient (Wildman–Crippen LogP) is 4.58. The van der Waals surface area contributed by atoms with Crippen LogP contribution < -0.4 is 11.5 Å². The molecule has 7 nitrogen and oxygen atoms in total. The van der Waals surface area contributed by atoms with Crippen molar-refractivity contribution in [2.75, 3.05) is 18.8 Å². The first-order valence-electron chi connectivity index (χ1n) is 12.0. The fourth-order valence-corrected chi connectivity index (χ4v) is 4.67. The van der Waals surface area contributed by atoms with Crippen LogP contribution in [0.15, 0.2) is 73.0 Å². The van der Waals surface area contributed by atoms with Crippen molar-refractivity contribution in [1.29, 1.82) is 0 Å². The van der Waals surface area contributed by atoms with Gasteiger partial charge in [-0.3, -0.25) is 9.47 Å². The van der Waals surface area contributed by atoms with Gasteiger partial charge in [0.1, 0.15) is 11.3 Å². The second kappa shape index (κ2) is 9.82. The fourth-order valence-electron chi connectivity index (χ4n) is 4.67. The second-order valence-electron chi connectivity index (χ2n) is 8.94. The van der Waals surface area contributed by atoms with Crippen LogP contribution in [-0.4, -0.2) is 43.6 Å². The topological polar surface area (TPSA) is 98.9 Å². The number of imidazole rings is 1. The zero-order chi connectivity index (χ0) is 24.4. The van der Waals surface area contributed by atoms with Crippen LogP contribution in [0.1, 0.15) is 31.5 Å². The minimum absolute atomic E-state index is 0.281. The molecule has 0 radical (unpaired) electrons. The first kappa shape index (κ1) is 23.0. The van der Waals surface area contributed by atoms with E-state index < -0.39 is 0 Å². The molecule has 178 valence electrons. The maximum absolute atomic E-state index is 6.27. The van der Waals surface area contributed by atoms with Crippen LogP contribution in [0.25, 0.3) is 33.8 Å². The molecule has 1 fully saturated rings. The van der Waals surface area contributed by atoms with Gasteiger partial charge in [-0.15, -0.1) is 0 Å². The van der Waals surface area contributed by atoms with Gasteiger partial charge in [-0.05, 0) is 67.8 Å². The Bertz CT molecular complexity index is 1400. The standard InChI is InChI=1S/C28H31N7/c1-3-6-20(4-2)24-12-13-25-28(32-24)35(27(33-25)23-7-5-15-31-26(23)30)22-10-8-19(9-11-22)17-34-16-14-21(29)18-34/h3-13,15,21H,14,16-18,29H2,1-2H3,(H2,30,31)/b6-3-,20-4+. The van der Waals surface area contributed by atoms with Crippen LogP contribution in [0.2, 0.25) is 0 Å². The molecule has 7 heteroatoms. The Morgan fingerprint density at radius 3 is 2.60 bits per heavy atom. The highest BCUT2D eigenvalue weighted by atomic mass is 15.2. The molecule has 1 aliphatic heterocycles. The molecule has 4 heterocycles. The van der Waals surface area contributed by atoms with Gasteiger partial charge in [-0.1, -0.05) is 30.4 Å². The average Bonchev–Trinajstić information content (AvgIpc) is 3.46. The maximum atomic E-state index is 6.27. The lowest BCUT2D eigenvalue weighted by Crippen LogP contribution is -2.26. The molecule has 5 rings (SSSR count). The molecule has 0 spiro atoms. The third-order valence-electron chi connectivity index (χ3n) is 6.45. The van der Waals surface area contributed by atoms with E-state index in [4.69, 9.17) is 21.4 Å². The highest BCUT2D eigenvalue weighted by molar-refractivity contribution is 5.85. The molecule has 1 atom stereocenters. The maximum Gasteiger partial charge on any atom is 0.165 e. The zero-order valence-corrected chi connectivity index (χ0v) is 20.2. The molecule has 1 aromatic carbocycles. The van der Waals surface area contributed by atoms with Crippen molar-refractivity contribution in [2.45, 2.75) is 32.9 Å². The summed E-state index contributed by atoms with van der Waals surface area (Å²) >= 11 is 0. The summed E-state index contributed by atoms with van der Waals surface area (Å²) < 4.78 is 2.07. The molecule has 0 aliphatic carbocycles. The van der Waals surface area contributed by atoms with Gasteiger partial charge in [0, 0.05) is 37.6 Å². The molecule has 0 saturated carbocycles. The number of pyridine rings is 2. The highest BCUT2D eigenvalue weighted by Gasteiger charge is 2.20. The number of rotatable bonds is 6. The Kier molecular flexibility index (Phi) is 6.44. The number of anilines is 1. The van der Waals surface area contributed by atoms with Crippen molar-refractivity contribution in [3.05, 3.63) is 84.2 Å². The number of nitrogen functional groups attached to an aromatic ring is 1. The minimum Gasteiger partial charge on any atom is -0.383 e. The Morgan fingerprint density at radius 2 is 1.91 bits per heavy atom. The van der Waals surface area contributed by atoms with Crippen LogP contribution in [0.5, 0.6) is 0 Å². The number of aromatic nitrogens is 4. The Labute approximate surface area is 205 Å².